The van der Waals surface area contributed by atoms with E-state index in [2.05, 4.69) is 10.2 Å². The molecule has 0 aliphatic rings. The number of ketones is 1. The third kappa shape index (κ3) is 6.23. The molecule has 1 heterocycles. The van der Waals surface area contributed by atoms with Crippen molar-refractivity contribution in [2.45, 2.75) is 30.1 Å². The zero-order valence-electron chi connectivity index (χ0n) is 21.1. The molecule has 0 atom stereocenters. The molecule has 12 heteroatoms. The molecule has 39 heavy (non-hydrogen) atoms. The van der Waals surface area contributed by atoms with Crippen LogP contribution in [-0.4, -0.2) is 52.1 Å². The number of halogens is 3. The number of Topliss-reactive ketones (excluding diaryl/α,β-unsaturated/α-hetero) is 1. The Morgan fingerprint density at radius 2 is 1.62 bits per heavy atom. The van der Waals surface area contributed by atoms with Gasteiger partial charge in [0.25, 0.3) is 0 Å². The standard InChI is InChI=1S/C27H25F3N4O3S2/c1-3-33(4-2)39(36,37)23-15-9-11-20(17-23)25-31-32-26(34(25)22-13-6-5-7-14-22)38-18-24(35)19-10-8-12-21(16-19)27(28,29)30/h5-17H,3-4,18H2,1-2H3. The van der Waals surface area contributed by atoms with Crippen molar-refractivity contribution < 1.29 is 26.4 Å². The summed E-state index contributed by atoms with van der Waals surface area (Å²) in [6.45, 7) is 4.18. The molecule has 1 aromatic heterocycles. The van der Waals surface area contributed by atoms with Crippen molar-refractivity contribution in [2.24, 2.45) is 0 Å². The number of hydrogen-bond donors (Lipinski definition) is 0. The van der Waals surface area contributed by atoms with E-state index in [-0.39, 0.29) is 16.2 Å². The average Bonchev–Trinajstić information content (AvgIpc) is 3.36. The number of nitrogens with zero attached hydrogens (tertiary/aromatic N) is 4. The third-order valence-corrected chi connectivity index (χ3v) is 8.90. The predicted octanol–water partition coefficient (Wildman–Crippen LogP) is 5.96. The highest BCUT2D eigenvalue weighted by atomic mass is 32.2. The summed E-state index contributed by atoms with van der Waals surface area (Å²) in [6.07, 6.45) is -4.56. The molecule has 0 aliphatic carbocycles. The van der Waals surface area contributed by atoms with E-state index in [0.29, 0.717) is 35.3 Å². The zero-order chi connectivity index (χ0) is 28.2. The molecule has 0 N–H and O–H groups in total. The lowest BCUT2D eigenvalue weighted by Crippen LogP contribution is -2.30. The van der Waals surface area contributed by atoms with Crippen LogP contribution in [0.15, 0.2) is 88.9 Å². The molecular formula is C27H25F3N4O3S2. The van der Waals surface area contributed by atoms with Gasteiger partial charge in [-0.25, -0.2) is 8.42 Å². The first-order chi connectivity index (χ1) is 18.6. The summed E-state index contributed by atoms with van der Waals surface area (Å²) in [6, 6.07) is 19.7. The molecule has 0 spiro atoms. The number of carbonyl (C=O) groups is 1. The Morgan fingerprint density at radius 1 is 0.923 bits per heavy atom. The van der Waals surface area contributed by atoms with Crippen LogP contribution >= 0.6 is 11.8 Å². The molecular weight excluding hydrogens is 549 g/mol. The van der Waals surface area contributed by atoms with Crippen molar-refractivity contribution in [3.05, 3.63) is 90.0 Å². The monoisotopic (exact) mass is 574 g/mol. The molecule has 4 rings (SSSR count). The number of para-hydroxylation sites is 1. The van der Waals surface area contributed by atoms with E-state index in [1.54, 1.807) is 30.5 Å². The van der Waals surface area contributed by atoms with Crippen LogP contribution in [0.3, 0.4) is 0 Å². The Hall–Kier alpha value is -3.48. The second kappa shape index (κ2) is 11.7. The van der Waals surface area contributed by atoms with Gasteiger partial charge in [0.05, 0.1) is 16.2 Å². The summed E-state index contributed by atoms with van der Waals surface area (Å²) in [7, 11) is -3.72. The number of benzene rings is 3. The van der Waals surface area contributed by atoms with Crippen molar-refractivity contribution >= 4 is 27.6 Å². The molecule has 7 nitrogen and oxygen atoms in total. The van der Waals surface area contributed by atoms with E-state index in [9.17, 15) is 26.4 Å². The highest BCUT2D eigenvalue weighted by molar-refractivity contribution is 7.99. The fraction of sp³-hybridized carbons (Fsp3) is 0.222. The van der Waals surface area contributed by atoms with Gasteiger partial charge in [0.2, 0.25) is 10.0 Å². The van der Waals surface area contributed by atoms with Crippen molar-refractivity contribution in [3.63, 3.8) is 0 Å². The number of thioether (sulfide) groups is 1. The summed E-state index contributed by atoms with van der Waals surface area (Å²) in [5, 5.41) is 8.85. The van der Waals surface area contributed by atoms with Crippen LogP contribution < -0.4 is 0 Å². The lowest BCUT2D eigenvalue weighted by atomic mass is 10.1. The average molecular weight is 575 g/mol. The van der Waals surface area contributed by atoms with Gasteiger partial charge < -0.3 is 0 Å². The number of carbonyl (C=O) groups excluding carboxylic acids is 1. The smallest absolute Gasteiger partial charge is 0.293 e. The molecule has 0 unspecified atom stereocenters. The number of rotatable bonds is 10. The normalized spacial score (nSPS) is 12.2. The summed E-state index contributed by atoms with van der Waals surface area (Å²) >= 11 is 1.03. The van der Waals surface area contributed by atoms with Crippen molar-refractivity contribution in [1.29, 1.82) is 0 Å². The van der Waals surface area contributed by atoms with Crippen LogP contribution in [0.4, 0.5) is 13.2 Å². The molecule has 3 aromatic carbocycles. The van der Waals surface area contributed by atoms with E-state index < -0.39 is 27.5 Å². The van der Waals surface area contributed by atoms with Gasteiger partial charge in [-0.05, 0) is 36.4 Å². The molecule has 0 fully saturated rings. The van der Waals surface area contributed by atoms with Crippen LogP contribution in [0, 0.1) is 0 Å². The fourth-order valence-electron chi connectivity index (χ4n) is 3.95. The van der Waals surface area contributed by atoms with Crippen LogP contribution in [0.2, 0.25) is 0 Å². The minimum Gasteiger partial charge on any atom is -0.293 e. The second-order valence-corrected chi connectivity index (χ2v) is 11.3. The Morgan fingerprint density at radius 3 is 2.28 bits per heavy atom. The largest absolute Gasteiger partial charge is 0.416 e. The van der Waals surface area contributed by atoms with E-state index in [1.807, 2.05) is 30.3 Å². The lowest BCUT2D eigenvalue weighted by Gasteiger charge is -2.19. The topological polar surface area (TPSA) is 85.2 Å². The third-order valence-electron chi connectivity index (χ3n) is 5.93. The van der Waals surface area contributed by atoms with Crippen LogP contribution in [0.1, 0.15) is 29.8 Å². The lowest BCUT2D eigenvalue weighted by molar-refractivity contribution is -0.137. The van der Waals surface area contributed by atoms with Gasteiger partial charge in [-0.3, -0.25) is 9.36 Å². The fourth-order valence-corrected chi connectivity index (χ4v) is 6.30. The molecule has 0 aliphatic heterocycles. The van der Waals surface area contributed by atoms with Gasteiger partial charge in [0.15, 0.2) is 16.8 Å². The van der Waals surface area contributed by atoms with Gasteiger partial charge in [-0.1, -0.05) is 68.1 Å². The van der Waals surface area contributed by atoms with Gasteiger partial charge in [0, 0.05) is 29.9 Å². The maximum absolute atomic E-state index is 13.1. The molecule has 0 amide bonds. The highest BCUT2D eigenvalue weighted by Gasteiger charge is 2.31. The molecule has 0 saturated carbocycles. The van der Waals surface area contributed by atoms with Crippen LogP contribution in [0.25, 0.3) is 17.1 Å². The highest BCUT2D eigenvalue weighted by Crippen LogP contribution is 2.32. The Balaban J connectivity index is 1.69. The van der Waals surface area contributed by atoms with Gasteiger partial charge >= 0.3 is 6.18 Å². The molecule has 0 bridgehead atoms. The number of hydrogen-bond acceptors (Lipinski definition) is 6. The van der Waals surface area contributed by atoms with E-state index in [4.69, 9.17) is 0 Å². The predicted molar refractivity (Wildman–Crippen MR) is 143 cm³/mol. The first-order valence-electron chi connectivity index (χ1n) is 12.0. The summed E-state index contributed by atoms with van der Waals surface area (Å²) in [4.78, 5) is 12.9. The quantitative estimate of drug-likeness (QED) is 0.172. The summed E-state index contributed by atoms with van der Waals surface area (Å²) in [5.74, 6) is -0.322. The Bertz CT molecular complexity index is 1570. The summed E-state index contributed by atoms with van der Waals surface area (Å²) < 4.78 is 68.5. The zero-order valence-corrected chi connectivity index (χ0v) is 22.7. The first kappa shape index (κ1) is 28.5. The minimum atomic E-state index is -4.56. The van der Waals surface area contributed by atoms with Crippen LogP contribution in [-0.2, 0) is 16.2 Å². The van der Waals surface area contributed by atoms with E-state index >= 15 is 0 Å². The van der Waals surface area contributed by atoms with Gasteiger partial charge in [0.1, 0.15) is 0 Å². The van der Waals surface area contributed by atoms with Crippen LogP contribution in [0.5, 0.6) is 0 Å². The van der Waals surface area contributed by atoms with Gasteiger partial charge in [-0.15, -0.1) is 10.2 Å². The molecule has 4 aromatic rings. The van der Waals surface area contributed by atoms with Gasteiger partial charge in [-0.2, -0.15) is 17.5 Å². The maximum atomic E-state index is 13.1. The Labute approximate surface area is 228 Å². The molecule has 204 valence electrons. The van der Waals surface area contributed by atoms with E-state index in [0.717, 1.165) is 23.9 Å². The number of alkyl halides is 3. The SMILES string of the molecule is CCN(CC)S(=O)(=O)c1cccc(-c2nnc(SCC(=O)c3cccc(C(F)(F)F)c3)n2-c2ccccc2)c1. The van der Waals surface area contributed by atoms with Crippen molar-refractivity contribution in [3.8, 4) is 17.1 Å². The number of aromatic nitrogens is 3. The Kier molecular flexibility index (Phi) is 8.57. The second-order valence-electron chi connectivity index (χ2n) is 8.38. The van der Waals surface area contributed by atoms with E-state index in [1.165, 1.54) is 28.6 Å². The van der Waals surface area contributed by atoms with Crippen molar-refractivity contribution in [2.75, 3.05) is 18.8 Å². The van der Waals surface area contributed by atoms with Crippen molar-refractivity contribution in [1.82, 2.24) is 19.1 Å². The minimum absolute atomic E-state index is 0.0577. The molecule has 0 saturated heterocycles. The maximum Gasteiger partial charge on any atom is 0.416 e. The summed E-state index contributed by atoms with van der Waals surface area (Å²) in [5.41, 5.74) is 0.212. The first-order valence-corrected chi connectivity index (χ1v) is 14.4. The number of sulfonamides is 1. The molecule has 0 radical (unpaired) electrons.